The Balaban J connectivity index is 1.64. The van der Waals surface area contributed by atoms with Crippen LogP contribution in [0.1, 0.15) is 23.9 Å². The van der Waals surface area contributed by atoms with Crippen molar-refractivity contribution in [1.29, 1.82) is 0 Å². The number of aromatic nitrogens is 2. The molecule has 4 nitrogen and oxygen atoms in total. The van der Waals surface area contributed by atoms with Gasteiger partial charge in [0, 0.05) is 28.0 Å². The number of fused-ring (bicyclic) bond motifs is 1. The topological polar surface area (TPSA) is 51.0 Å². The van der Waals surface area contributed by atoms with Gasteiger partial charge in [0.1, 0.15) is 17.2 Å². The number of hydrogen-bond donors (Lipinski definition) is 1. The molecule has 0 aliphatic rings. The second-order valence-corrected chi connectivity index (χ2v) is 7.41. The van der Waals surface area contributed by atoms with Crippen molar-refractivity contribution in [2.45, 2.75) is 26.8 Å². The monoisotopic (exact) mass is 421 g/mol. The lowest BCUT2D eigenvalue weighted by molar-refractivity contribution is 0.611. The van der Waals surface area contributed by atoms with Gasteiger partial charge in [0.15, 0.2) is 0 Å². The van der Waals surface area contributed by atoms with Crippen LogP contribution in [0.4, 0.5) is 5.82 Å². The molecule has 0 aliphatic heterocycles. The van der Waals surface area contributed by atoms with Gasteiger partial charge in [-0.2, -0.15) is 0 Å². The van der Waals surface area contributed by atoms with Crippen molar-refractivity contribution in [3.63, 3.8) is 0 Å². The van der Waals surface area contributed by atoms with Crippen molar-refractivity contribution in [2.24, 2.45) is 0 Å². The number of nitrogens with one attached hydrogen (secondary N) is 1. The fraction of sp³-hybridized carbons (Fsp3) is 0.182. The summed E-state index contributed by atoms with van der Waals surface area (Å²) in [6.45, 7) is 4.76. The Morgan fingerprint density at radius 2 is 1.96 bits per heavy atom. The molecule has 0 bridgehead atoms. The first kappa shape index (κ1) is 17.7. The van der Waals surface area contributed by atoms with Crippen molar-refractivity contribution >= 4 is 32.7 Å². The Morgan fingerprint density at radius 3 is 2.78 bits per heavy atom. The molecule has 2 aromatic heterocycles. The van der Waals surface area contributed by atoms with E-state index in [1.807, 2.05) is 43.5 Å². The van der Waals surface area contributed by atoms with Gasteiger partial charge in [-0.05, 0) is 54.8 Å². The zero-order valence-corrected chi connectivity index (χ0v) is 16.9. The lowest BCUT2D eigenvalue weighted by Crippen LogP contribution is -2.04. The van der Waals surface area contributed by atoms with Gasteiger partial charge < -0.3 is 9.73 Å². The highest BCUT2D eigenvalue weighted by Gasteiger charge is 2.09. The lowest BCUT2D eigenvalue weighted by atomic mass is 10.1. The maximum atomic E-state index is 5.63. The maximum Gasteiger partial charge on any atom is 0.134 e. The zero-order valence-electron chi connectivity index (χ0n) is 15.3. The fourth-order valence-electron chi connectivity index (χ4n) is 3.16. The van der Waals surface area contributed by atoms with E-state index in [4.69, 9.17) is 4.42 Å². The Labute approximate surface area is 166 Å². The lowest BCUT2D eigenvalue weighted by Gasteiger charge is -2.09. The van der Waals surface area contributed by atoms with E-state index in [9.17, 15) is 0 Å². The van der Waals surface area contributed by atoms with Gasteiger partial charge in [0.25, 0.3) is 0 Å². The molecule has 4 aromatic rings. The van der Waals surface area contributed by atoms with Gasteiger partial charge in [-0.1, -0.05) is 35.0 Å². The van der Waals surface area contributed by atoms with E-state index >= 15 is 0 Å². The molecule has 0 aliphatic carbocycles. The van der Waals surface area contributed by atoms with Crippen LogP contribution in [-0.4, -0.2) is 9.97 Å². The summed E-state index contributed by atoms with van der Waals surface area (Å²) in [7, 11) is 0. The molecular weight excluding hydrogens is 402 g/mol. The van der Waals surface area contributed by atoms with Crippen molar-refractivity contribution < 1.29 is 4.42 Å². The van der Waals surface area contributed by atoms with Gasteiger partial charge in [0.2, 0.25) is 0 Å². The number of hydrogen-bond acceptors (Lipinski definition) is 4. The van der Waals surface area contributed by atoms with Crippen LogP contribution in [0.2, 0.25) is 0 Å². The average Bonchev–Trinajstić information content (AvgIpc) is 3.08. The van der Waals surface area contributed by atoms with E-state index in [-0.39, 0.29) is 0 Å². The predicted molar refractivity (Wildman–Crippen MR) is 113 cm³/mol. The minimum Gasteiger partial charge on any atom is -0.464 e. The highest BCUT2D eigenvalue weighted by molar-refractivity contribution is 9.10. The number of anilines is 1. The molecular formula is C22H20BrN3O. The molecule has 2 aromatic carbocycles. The number of halogens is 1. The van der Waals surface area contributed by atoms with Crippen LogP contribution in [0.3, 0.4) is 0 Å². The Bertz CT molecular complexity index is 1100. The number of benzene rings is 2. The summed E-state index contributed by atoms with van der Waals surface area (Å²) in [4.78, 5) is 9.16. The number of nitrogens with zero attached hydrogens (tertiary/aromatic N) is 2. The van der Waals surface area contributed by atoms with Gasteiger partial charge in [-0.3, -0.25) is 0 Å². The summed E-state index contributed by atoms with van der Waals surface area (Å²) in [5.41, 5.74) is 5.29. The van der Waals surface area contributed by atoms with E-state index in [0.717, 1.165) is 44.8 Å². The van der Waals surface area contributed by atoms with E-state index in [0.29, 0.717) is 6.54 Å². The number of rotatable bonds is 5. The molecule has 4 rings (SSSR count). The van der Waals surface area contributed by atoms with Gasteiger partial charge in [-0.15, -0.1) is 0 Å². The van der Waals surface area contributed by atoms with Crippen molar-refractivity contribution in [3.8, 4) is 11.3 Å². The SMILES string of the molecule is CCc1coc2ccc(-c3cc(NCc4cccc(Br)c4)nc(C)n3)cc12. The van der Waals surface area contributed by atoms with Gasteiger partial charge in [0.05, 0.1) is 12.0 Å². The normalized spacial score (nSPS) is 11.1. The fourth-order valence-corrected chi connectivity index (χ4v) is 3.61. The van der Waals surface area contributed by atoms with Gasteiger partial charge >= 0.3 is 0 Å². The van der Waals surface area contributed by atoms with Crippen LogP contribution in [0, 0.1) is 6.92 Å². The summed E-state index contributed by atoms with van der Waals surface area (Å²) in [6, 6.07) is 16.4. The Morgan fingerprint density at radius 1 is 1.07 bits per heavy atom. The standard InChI is InChI=1S/C22H20BrN3O/c1-3-16-13-27-21-8-7-17(10-19(16)21)20-11-22(26-14(2)25-20)24-12-15-5-4-6-18(23)9-15/h4-11,13H,3,12H2,1-2H3,(H,24,25,26). The predicted octanol–water partition coefficient (Wildman–Crippen LogP) is 6.14. The first-order chi connectivity index (χ1) is 13.1. The van der Waals surface area contributed by atoms with Crippen LogP contribution in [0.15, 0.2) is 63.7 Å². The molecule has 0 fully saturated rings. The van der Waals surface area contributed by atoms with Crippen LogP contribution >= 0.6 is 15.9 Å². The first-order valence-corrected chi connectivity index (χ1v) is 9.76. The third-order valence-corrected chi connectivity index (χ3v) is 5.02. The third kappa shape index (κ3) is 3.88. The van der Waals surface area contributed by atoms with Crippen molar-refractivity contribution in [2.75, 3.05) is 5.32 Å². The molecule has 0 spiro atoms. The quantitative estimate of drug-likeness (QED) is 0.420. The molecule has 0 atom stereocenters. The smallest absolute Gasteiger partial charge is 0.134 e. The van der Waals surface area contributed by atoms with E-state index < -0.39 is 0 Å². The highest BCUT2D eigenvalue weighted by atomic mass is 79.9. The minimum absolute atomic E-state index is 0.704. The second kappa shape index (κ2) is 7.53. The molecule has 0 unspecified atom stereocenters. The molecule has 0 saturated carbocycles. The van der Waals surface area contributed by atoms with E-state index in [2.05, 4.69) is 56.3 Å². The van der Waals surface area contributed by atoms with Crippen LogP contribution in [-0.2, 0) is 13.0 Å². The summed E-state index contributed by atoms with van der Waals surface area (Å²) >= 11 is 3.51. The second-order valence-electron chi connectivity index (χ2n) is 6.49. The maximum absolute atomic E-state index is 5.63. The Hall–Kier alpha value is -2.66. The summed E-state index contributed by atoms with van der Waals surface area (Å²) in [5.74, 6) is 1.56. The molecule has 5 heteroatoms. The Kier molecular flexibility index (Phi) is 4.94. The van der Waals surface area contributed by atoms with Crippen molar-refractivity contribution in [1.82, 2.24) is 9.97 Å². The number of aryl methyl sites for hydroxylation is 2. The molecule has 2 heterocycles. The molecule has 27 heavy (non-hydrogen) atoms. The molecule has 0 saturated heterocycles. The summed E-state index contributed by atoms with van der Waals surface area (Å²) in [6.07, 6.45) is 2.78. The summed E-state index contributed by atoms with van der Waals surface area (Å²) in [5, 5.41) is 4.55. The summed E-state index contributed by atoms with van der Waals surface area (Å²) < 4.78 is 6.70. The largest absolute Gasteiger partial charge is 0.464 e. The van der Waals surface area contributed by atoms with E-state index in [1.54, 1.807) is 0 Å². The zero-order chi connectivity index (χ0) is 18.8. The first-order valence-electron chi connectivity index (χ1n) is 8.97. The minimum atomic E-state index is 0.704. The van der Waals surface area contributed by atoms with E-state index in [1.165, 1.54) is 11.1 Å². The molecule has 0 amide bonds. The number of furan rings is 1. The third-order valence-electron chi connectivity index (χ3n) is 4.53. The van der Waals surface area contributed by atoms with Crippen LogP contribution in [0.25, 0.3) is 22.2 Å². The van der Waals surface area contributed by atoms with Crippen LogP contribution in [0.5, 0.6) is 0 Å². The molecule has 136 valence electrons. The highest BCUT2D eigenvalue weighted by Crippen LogP contribution is 2.28. The van der Waals surface area contributed by atoms with Gasteiger partial charge in [-0.25, -0.2) is 9.97 Å². The van der Waals surface area contributed by atoms with Crippen LogP contribution < -0.4 is 5.32 Å². The average molecular weight is 422 g/mol. The molecule has 1 N–H and O–H groups in total. The van der Waals surface area contributed by atoms with Crippen molar-refractivity contribution in [3.05, 3.63) is 76.2 Å². The molecule has 0 radical (unpaired) electrons.